The molecule has 3 atom stereocenters. The maximum Gasteiger partial charge on any atom is 0.338 e. The van der Waals surface area contributed by atoms with Crippen LogP contribution in [0.15, 0.2) is 54.6 Å². The Morgan fingerprint density at radius 3 is 2.54 bits per heavy atom. The van der Waals surface area contributed by atoms with Gasteiger partial charge in [-0.1, -0.05) is 30.3 Å². The molecular formula is C20H22O6. The first-order valence-corrected chi connectivity index (χ1v) is 8.55. The van der Waals surface area contributed by atoms with E-state index in [4.69, 9.17) is 19.3 Å². The maximum atomic E-state index is 12.3. The van der Waals surface area contributed by atoms with E-state index in [1.165, 1.54) is 0 Å². The molecular weight excluding hydrogens is 336 g/mol. The monoisotopic (exact) mass is 358 g/mol. The van der Waals surface area contributed by atoms with Gasteiger partial charge in [0.25, 0.3) is 0 Å². The number of hydrogen-bond acceptors (Lipinski definition) is 6. The number of aliphatic hydroxyl groups is 2. The fourth-order valence-electron chi connectivity index (χ4n) is 2.77. The minimum Gasteiger partial charge on any atom is -0.489 e. The van der Waals surface area contributed by atoms with Crippen molar-refractivity contribution in [1.82, 2.24) is 0 Å². The zero-order valence-electron chi connectivity index (χ0n) is 14.3. The van der Waals surface area contributed by atoms with E-state index in [0.717, 1.165) is 5.56 Å². The molecule has 1 saturated heterocycles. The minimum absolute atomic E-state index is 0.317. The summed E-state index contributed by atoms with van der Waals surface area (Å²) in [4.78, 5) is 12.3. The molecule has 1 aliphatic heterocycles. The van der Waals surface area contributed by atoms with Gasteiger partial charge in [0.05, 0.1) is 18.8 Å². The summed E-state index contributed by atoms with van der Waals surface area (Å²) in [6.07, 6.45) is -2.06. The molecule has 1 fully saturated rings. The highest BCUT2D eigenvalue weighted by molar-refractivity contribution is 5.89. The summed E-state index contributed by atoms with van der Waals surface area (Å²) in [7, 11) is 0. The van der Waals surface area contributed by atoms with Crippen LogP contribution >= 0.6 is 0 Å². The Morgan fingerprint density at radius 1 is 1.12 bits per heavy atom. The molecule has 138 valence electrons. The average molecular weight is 358 g/mol. The minimum atomic E-state index is -1.04. The number of aliphatic hydroxyl groups excluding tert-OH is 2. The molecule has 0 spiro atoms. The molecule has 2 aromatic carbocycles. The molecule has 2 N–H and O–H groups in total. The van der Waals surface area contributed by atoms with Crippen molar-refractivity contribution in [2.45, 2.75) is 31.3 Å². The van der Waals surface area contributed by atoms with Crippen LogP contribution in [0.2, 0.25) is 0 Å². The molecule has 0 radical (unpaired) electrons. The molecule has 0 amide bonds. The van der Waals surface area contributed by atoms with E-state index in [1.54, 1.807) is 24.3 Å². The van der Waals surface area contributed by atoms with Crippen molar-refractivity contribution in [3.05, 3.63) is 65.7 Å². The maximum absolute atomic E-state index is 12.3. The number of carbonyl (C=O) groups excluding carboxylic acids is 1. The number of benzene rings is 2. The van der Waals surface area contributed by atoms with Crippen molar-refractivity contribution in [3.63, 3.8) is 0 Å². The fourth-order valence-corrected chi connectivity index (χ4v) is 2.77. The van der Waals surface area contributed by atoms with E-state index < -0.39 is 24.3 Å². The smallest absolute Gasteiger partial charge is 0.338 e. The van der Waals surface area contributed by atoms with Gasteiger partial charge in [0.2, 0.25) is 0 Å². The van der Waals surface area contributed by atoms with E-state index in [2.05, 4.69) is 0 Å². The highest BCUT2D eigenvalue weighted by Crippen LogP contribution is 2.20. The third-order valence-corrected chi connectivity index (χ3v) is 4.27. The van der Waals surface area contributed by atoms with Crippen LogP contribution in [0.1, 0.15) is 22.3 Å². The van der Waals surface area contributed by atoms with Crippen molar-refractivity contribution in [3.8, 4) is 5.75 Å². The SMILES string of the molecule is O=C(OC1CCOC(CO)C1O)c1ccc(OCc2ccccc2)cc1. The third kappa shape index (κ3) is 4.60. The van der Waals surface area contributed by atoms with Gasteiger partial charge in [-0.25, -0.2) is 4.79 Å². The first kappa shape index (κ1) is 18.4. The zero-order valence-corrected chi connectivity index (χ0v) is 14.3. The highest BCUT2D eigenvalue weighted by Gasteiger charge is 2.35. The van der Waals surface area contributed by atoms with Crippen LogP contribution in [0.25, 0.3) is 0 Å². The van der Waals surface area contributed by atoms with Gasteiger partial charge in [-0.2, -0.15) is 0 Å². The van der Waals surface area contributed by atoms with E-state index in [9.17, 15) is 9.90 Å². The molecule has 0 aromatic heterocycles. The van der Waals surface area contributed by atoms with Gasteiger partial charge in [0, 0.05) is 6.42 Å². The van der Waals surface area contributed by atoms with Crippen LogP contribution in [0.5, 0.6) is 5.75 Å². The van der Waals surface area contributed by atoms with Gasteiger partial charge in [-0.3, -0.25) is 0 Å². The first-order chi connectivity index (χ1) is 12.7. The van der Waals surface area contributed by atoms with E-state index in [1.807, 2.05) is 30.3 Å². The van der Waals surface area contributed by atoms with Crippen LogP contribution in [-0.2, 0) is 16.1 Å². The van der Waals surface area contributed by atoms with Crippen molar-refractivity contribution in [1.29, 1.82) is 0 Å². The number of esters is 1. The quantitative estimate of drug-likeness (QED) is 0.768. The molecule has 0 bridgehead atoms. The van der Waals surface area contributed by atoms with Gasteiger partial charge in [-0.15, -0.1) is 0 Å². The van der Waals surface area contributed by atoms with Crippen LogP contribution in [-0.4, -0.2) is 47.7 Å². The normalized spacial score (nSPS) is 22.6. The summed E-state index contributed by atoms with van der Waals surface area (Å²) in [5.41, 5.74) is 1.43. The third-order valence-electron chi connectivity index (χ3n) is 4.27. The molecule has 6 nitrogen and oxygen atoms in total. The Kier molecular flexibility index (Phi) is 6.22. The van der Waals surface area contributed by atoms with Gasteiger partial charge in [-0.05, 0) is 29.8 Å². The molecule has 1 heterocycles. The van der Waals surface area contributed by atoms with Crippen molar-refractivity contribution >= 4 is 5.97 Å². The molecule has 3 rings (SSSR count). The predicted molar refractivity (Wildman–Crippen MR) is 93.9 cm³/mol. The van der Waals surface area contributed by atoms with Crippen LogP contribution in [0.3, 0.4) is 0 Å². The Morgan fingerprint density at radius 2 is 1.85 bits per heavy atom. The lowest BCUT2D eigenvalue weighted by molar-refractivity contribution is -0.149. The van der Waals surface area contributed by atoms with Crippen molar-refractivity contribution in [2.75, 3.05) is 13.2 Å². The number of ether oxygens (including phenoxy) is 3. The lowest BCUT2D eigenvalue weighted by atomic mass is 10.0. The van der Waals surface area contributed by atoms with E-state index in [0.29, 0.717) is 30.9 Å². The number of carbonyl (C=O) groups is 1. The zero-order chi connectivity index (χ0) is 18.4. The highest BCUT2D eigenvalue weighted by atomic mass is 16.6. The van der Waals surface area contributed by atoms with E-state index in [-0.39, 0.29) is 6.61 Å². The second-order valence-electron chi connectivity index (χ2n) is 6.11. The Balaban J connectivity index is 1.55. The van der Waals surface area contributed by atoms with E-state index >= 15 is 0 Å². The summed E-state index contributed by atoms with van der Waals surface area (Å²) >= 11 is 0. The van der Waals surface area contributed by atoms with Gasteiger partial charge in [0.1, 0.15) is 30.7 Å². The van der Waals surface area contributed by atoms with Crippen LogP contribution in [0.4, 0.5) is 0 Å². The summed E-state index contributed by atoms with van der Waals surface area (Å²) in [5, 5.41) is 19.2. The Bertz CT molecular complexity index is 700. The molecule has 0 saturated carbocycles. The van der Waals surface area contributed by atoms with Crippen molar-refractivity contribution < 1.29 is 29.2 Å². The Labute approximate surface area is 151 Å². The number of hydrogen-bond donors (Lipinski definition) is 2. The van der Waals surface area contributed by atoms with Gasteiger partial charge in [0.15, 0.2) is 0 Å². The van der Waals surface area contributed by atoms with Crippen LogP contribution < -0.4 is 4.74 Å². The Hall–Kier alpha value is -2.41. The van der Waals surface area contributed by atoms with Crippen LogP contribution in [0, 0.1) is 0 Å². The number of rotatable bonds is 6. The summed E-state index contributed by atoms with van der Waals surface area (Å²) in [5.74, 6) is 0.124. The second-order valence-corrected chi connectivity index (χ2v) is 6.11. The van der Waals surface area contributed by atoms with Gasteiger partial charge >= 0.3 is 5.97 Å². The van der Waals surface area contributed by atoms with Crippen molar-refractivity contribution in [2.24, 2.45) is 0 Å². The summed E-state index contributed by atoms with van der Waals surface area (Å²) in [6, 6.07) is 16.5. The molecule has 0 aliphatic carbocycles. The standard InChI is InChI=1S/C20H22O6/c21-12-18-19(22)17(10-11-24-18)26-20(23)15-6-8-16(9-7-15)25-13-14-4-2-1-3-5-14/h1-9,17-19,21-22H,10-13H2. The first-order valence-electron chi connectivity index (χ1n) is 8.55. The second kappa shape index (κ2) is 8.80. The fraction of sp³-hybridized carbons (Fsp3) is 0.350. The summed E-state index contributed by atoms with van der Waals surface area (Å²) < 4.78 is 16.3. The molecule has 6 heteroatoms. The molecule has 26 heavy (non-hydrogen) atoms. The molecule has 3 unspecified atom stereocenters. The lowest BCUT2D eigenvalue weighted by Gasteiger charge is -2.33. The topological polar surface area (TPSA) is 85.2 Å². The molecule has 2 aromatic rings. The molecule has 1 aliphatic rings. The summed E-state index contributed by atoms with van der Waals surface area (Å²) in [6.45, 7) is 0.455. The average Bonchev–Trinajstić information content (AvgIpc) is 2.69. The lowest BCUT2D eigenvalue weighted by Crippen LogP contribution is -2.48. The van der Waals surface area contributed by atoms with Gasteiger partial charge < -0.3 is 24.4 Å². The predicted octanol–water partition coefficient (Wildman–Crippen LogP) is 1.93. The largest absolute Gasteiger partial charge is 0.489 e.